The summed E-state index contributed by atoms with van der Waals surface area (Å²) in [7, 11) is 1.87. The van der Waals surface area contributed by atoms with Gasteiger partial charge in [0.25, 0.3) is 0 Å². The van der Waals surface area contributed by atoms with Crippen molar-refractivity contribution in [1.29, 1.82) is 0 Å². The summed E-state index contributed by atoms with van der Waals surface area (Å²) in [6.45, 7) is 8.15. The molecule has 0 aliphatic carbocycles. The number of carbonyl (C=O) groups is 1. The highest BCUT2D eigenvalue weighted by Gasteiger charge is 2.40. The molecule has 3 heteroatoms. The zero-order valence-electron chi connectivity index (χ0n) is 9.13. The Bertz CT molecular complexity index is 201. The van der Waals surface area contributed by atoms with Crippen molar-refractivity contribution in [1.82, 2.24) is 9.80 Å². The summed E-state index contributed by atoms with van der Waals surface area (Å²) in [5, 5.41) is 0. The molecule has 1 fully saturated rings. The van der Waals surface area contributed by atoms with Crippen molar-refractivity contribution >= 4 is 6.03 Å². The lowest BCUT2D eigenvalue weighted by Gasteiger charge is -2.29. The Morgan fingerprint density at radius 2 is 2.08 bits per heavy atom. The van der Waals surface area contributed by atoms with Crippen LogP contribution < -0.4 is 0 Å². The van der Waals surface area contributed by atoms with Crippen LogP contribution >= 0.6 is 0 Å². The second kappa shape index (κ2) is 3.56. The van der Waals surface area contributed by atoms with Crippen LogP contribution in [0.2, 0.25) is 0 Å². The molecule has 0 spiro atoms. The fourth-order valence-corrected chi connectivity index (χ4v) is 1.91. The van der Waals surface area contributed by atoms with Gasteiger partial charge in [-0.25, -0.2) is 4.79 Å². The van der Waals surface area contributed by atoms with Gasteiger partial charge < -0.3 is 9.80 Å². The predicted molar refractivity (Wildman–Crippen MR) is 53.7 cm³/mol. The molecule has 0 N–H and O–H groups in total. The van der Waals surface area contributed by atoms with Crippen LogP contribution in [0.25, 0.3) is 0 Å². The maximum absolute atomic E-state index is 11.7. The first-order valence-corrected chi connectivity index (χ1v) is 5.02. The minimum Gasteiger partial charge on any atom is -0.325 e. The number of rotatable bonds is 3. The Labute approximate surface area is 80.7 Å². The minimum atomic E-state index is 0.0149. The van der Waals surface area contributed by atoms with E-state index in [2.05, 4.69) is 20.8 Å². The van der Waals surface area contributed by atoms with Gasteiger partial charge in [-0.1, -0.05) is 13.3 Å². The number of likely N-dealkylation sites (N-methyl/N-ethyl adjacent to an activating group) is 1. The van der Waals surface area contributed by atoms with Crippen LogP contribution in [0.4, 0.5) is 4.79 Å². The quantitative estimate of drug-likeness (QED) is 0.657. The van der Waals surface area contributed by atoms with Gasteiger partial charge in [0.05, 0.1) is 5.54 Å². The van der Waals surface area contributed by atoms with Crippen molar-refractivity contribution in [3.05, 3.63) is 0 Å². The lowest BCUT2D eigenvalue weighted by molar-refractivity contribution is 0.171. The van der Waals surface area contributed by atoms with Gasteiger partial charge >= 0.3 is 6.03 Å². The maximum atomic E-state index is 11.7. The third-order valence-corrected chi connectivity index (χ3v) is 2.65. The second-order valence-corrected chi connectivity index (χ2v) is 4.46. The first-order chi connectivity index (χ1) is 5.99. The van der Waals surface area contributed by atoms with Crippen molar-refractivity contribution in [2.24, 2.45) is 0 Å². The highest BCUT2D eigenvalue weighted by atomic mass is 16.2. The third-order valence-electron chi connectivity index (χ3n) is 2.65. The first kappa shape index (κ1) is 10.4. The van der Waals surface area contributed by atoms with E-state index >= 15 is 0 Å². The molecule has 2 amide bonds. The highest BCUT2D eigenvalue weighted by molar-refractivity contribution is 5.77. The molecule has 3 nitrogen and oxygen atoms in total. The average molecular weight is 184 g/mol. The van der Waals surface area contributed by atoms with E-state index in [4.69, 9.17) is 0 Å². The molecule has 0 atom stereocenters. The number of nitrogens with zero attached hydrogens (tertiary/aromatic N) is 2. The van der Waals surface area contributed by atoms with Crippen LogP contribution in [-0.4, -0.2) is 41.5 Å². The highest BCUT2D eigenvalue weighted by Crippen LogP contribution is 2.24. The summed E-state index contributed by atoms with van der Waals surface area (Å²) in [5.74, 6) is 0. The van der Waals surface area contributed by atoms with Crippen LogP contribution in [0.5, 0.6) is 0 Å². The fourth-order valence-electron chi connectivity index (χ4n) is 1.91. The number of hydrogen-bond donors (Lipinski definition) is 0. The standard InChI is InChI=1S/C10H20N2O/c1-5-6-7-12-9(13)11(4)8-10(12,2)3/h5-8H2,1-4H3. The van der Waals surface area contributed by atoms with Crippen molar-refractivity contribution in [3.63, 3.8) is 0 Å². The lowest BCUT2D eigenvalue weighted by Crippen LogP contribution is -2.42. The van der Waals surface area contributed by atoms with Gasteiger partial charge in [-0.05, 0) is 20.3 Å². The molecular weight excluding hydrogens is 164 g/mol. The molecule has 1 saturated heterocycles. The molecule has 1 aliphatic rings. The summed E-state index contributed by atoms with van der Waals surface area (Å²) in [5.41, 5.74) is 0.0149. The molecular formula is C10H20N2O. The van der Waals surface area contributed by atoms with E-state index in [0.29, 0.717) is 0 Å². The molecule has 0 aromatic carbocycles. The van der Waals surface area contributed by atoms with Crippen LogP contribution in [0.3, 0.4) is 0 Å². The van der Waals surface area contributed by atoms with Gasteiger partial charge in [0.1, 0.15) is 0 Å². The number of urea groups is 1. The Morgan fingerprint density at radius 3 is 2.46 bits per heavy atom. The molecule has 1 aliphatic heterocycles. The molecule has 76 valence electrons. The largest absolute Gasteiger partial charge is 0.325 e. The van der Waals surface area contributed by atoms with E-state index in [1.54, 1.807) is 4.90 Å². The second-order valence-electron chi connectivity index (χ2n) is 4.46. The molecule has 1 heterocycles. The van der Waals surface area contributed by atoms with E-state index < -0.39 is 0 Å². The topological polar surface area (TPSA) is 23.6 Å². The van der Waals surface area contributed by atoms with E-state index in [-0.39, 0.29) is 11.6 Å². The molecule has 0 bridgehead atoms. The Balaban J connectivity index is 2.64. The molecule has 0 aromatic heterocycles. The smallest absolute Gasteiger partial charge is 0.320 e. The molecule has 0 aromatic rings. The SMILES string of the molecule is CCCCN1C(=O)N(C)CC1(C)C. The summed E-state index contributed by atoms with van der Waals surface area (Å²) in [4.78, 5) is 15.5. The Kier molecular flexibility index (Phi) is 2.84. The van der Waals surface area contributed by atoms with Crippen LogP contribution in [-0.2, 0) is 0 Å². The van der Waals surface area contributed by atoms with Crippen LogP contribution in [0.1, 0.15) is 33.6 Å². The van der Waals surface area contributed by atoms with Crippen LogP contribution in [0.15, 0.2) is 0 Å². The summed E-state index contributed by atoms with van der Waals surface area (Å²) < 4.78 is 0. The lowest BCUT2D eigenvalue weighted by atomic mass is 10.1. The Morgan fingerprint density at radius 1 is 1.46 bits per heavy atom. The van der Waals surface area contributed by atoms with Gasteiger partial charge in [0.15, 0.2) is 0 Å². The summed E-state index contributed by atoms with van der Waals surface area (Å²) in [6, 6.07) is 0.179. The van der Waals surface area contributed by atoms with Crippen molar-refractivity contribution in [2.75, 3.05) is 20.1 Å². The van der Waals surface area contributed by atoms with Crippen molar-refractivity contribution < 1.29 is 4.79 Å². The molecule has 13 heavy (non-hydrogen) atoms. The molecule has 0 saturated carbocycles. The normalized spacial score (nSPS) is 21.4. The third kappa shape index (κ3) is 1.95. The van der Waals surface area contributed by atoms with E-state index in [1.165, 1.54) is 0 Å². The zero-order chi connectivity index (χ0) is 10.1. The minimum absolute atomic E-state index is 0.0149. The molecule has 0 radical (unpaired) electrons. The summed E-state index contributed by atoms with van der Waals surface area (Å²) >= 11 is 0. The maximum Gasteiger partial charge on any atom is 0.320 e. The van der Waals surface area contributed by atoms with Gasteiger partial charge in [0, 0.05) is 20.1 Å². The van der Waals surface area contributed by atoms with Gasteiger partial charge in [-0.15, -0.1) is 0 Å². The fraction of sp³-hybridized carbons (Fsp3) is 0.900. The van der Waals surface area contributed by atoms with Crippen molar-refractivity contribution in [2.45, 2.75) is 39.2 Å². The van der Waals surface area contributed by atoms with E-state index in [9.17, 15) is 4.79 Å². The number of amides is 2. The number of carbonyl (C=O) groups excluding carboxylic acids is 1. The average Bonchev–Trinajstić information content (AvgIpc) is 2.20. The van der Waals surface area contributed by atoms with Gasteiger partial charge in [0.2, 0.25) is 0 Å². The number of hydrogen-bond acceptors (Lipinski definition) is 1. The van der Waals surface area contributed by atoms with E-state index in [0.717, 1.165) is 25.9 Å². The van der Waals surface area contributed by atoms with Gasteiger partial charge in [-0.2, -0.15) is 0 Å². The molecule has 0 unspecified atom stereocenters. The Hall–Kier alpha value is -0.730. The molecule has 1 rings (SSSR count). The van der Waals surface area contributed by atoms with Crippen LogP contribution in [0, 0.1) is 0 Å². The first-order valence-electron chi connectivity index (χ1n) is 5.02. The van der Waals surface area contributed by atoms with Gasteiger partial charge in [-0.3, -0.25) is 0 Å². The van der Waals surface area contributed by atoms with E-state index in [1.807, 2.05) is 11.9 Å². The summed E-state index contributed by atoms with van der Waals surface area (Å²) in [6.07, 6.45) is 2.24. The monoisotopic (exact) mass is 184 g/mol. The predicted octanol–water partition coefficient (Wildman–Crippen LogP) is 1.93. The number of unbranched alkanes of at least 4 members (excludes halogenated alkanes) is 1. The zero-order valence-corrected chi connectivity index (χ0v) is 9.13. The van der Waals surface area contributed by atoms with Crippen molar-refractivity contribution in [3.8, 4) is 0 Å².